The van der Waals surface area contributed by atoms with E-state index >= 15 is 0 Å². The number of carbonyl (C=O) groups is 1. The van der Waals surface area contributed by atoms with E-state index in [-0.39, 0.29) is 12.5 Å². The van der Waals surface area contributed by atoms with Crippen LogP contribution in [-0.4, -0.2) is 87.5 Å². The summed E-state index contributed by atoms with van der Waals surface area (Å²) in [6.45, 7) is 3.83. The highest BCUT2D eigenvalue weighted by atomic mass is 16.7. The fourth-order valence-corrected chi connectivity index (χ4v) is 13.6. The van der Waals surface area contributed by atoms with E-state index in [0.717, 1.165) is 44.9 Å². The van der Waals surface area contributed by atoms with E-state index in [2.05, 4.69) is 43.5 Å². The average Bonchev–Trinajstić information content (AvgIpc) is 1.44. The van der Waals surface area contributed by atoms with Crippen LogP contribution in [0.3, 0.4) is 0 Å². The predicted molar refractivity (Wildman–Crippen MR) is 397 cm³/mol. The first kappa shape index (κ1) is 88.4. The SMILES string of the molecule is CCCCCCCCCCCCCCCCCCCCCCCC/C=C/CC/C=C/CC/C=C/C(O)C(COC1OC(CO)C(O)C(O)C1O)NC(=O)CCCCCCCCCCCCCCCCCCCCCCCCCCCCCCCCCCCCCCC. The molecule has 6 N–H and O–H groups in total. The van der Waals surface area contributed by atoms with Gasteiger partial charge >= 0.3 is 0 Å². The number of ether oxygens (including phenoxy) is 2. The van der Waals surface area contributed by atoms with Gasteiger partial charge in [-0.25, -0.2) is 0 Å². The van der Waals surface area contributed by atoms with Crippen molar-refractivity contribution in [3.63, 3.8) is 0 Å². The zero-order valence-electron chi connectivity index (χ0n) is 61.3. The lowest BCUT2D eigenvalue weighted by Gasteiger charge is -2.40. The molecule has 0 aromatic carbocycles. The third kappa shape index (κ3) is 59.7. The summed E-state index contributed by atoms with van der Waals surface area (Å²) in [5.74, 6) is -0.181. The second kappa shape index (κ2) is 72.2. The van der Waals surface area contributed by atoms with Crippen molar-refractivity contribution in [1.29, 1.82) is 0 Å². The van der Waals surface area contributed by atoms with Crippen LogP contribution in [0.15, 0.2) is 36.5 Å². The van der Waals surface area contributed by atoms with E-state index in [1.807, 2.05) is 6.08 Å². The van der Waals surface area contributed by atoms with E-state index in [1.54, 1.807) is 6.08 Å². The van der Waals surface area contributed by atoms with Gasteiger partial charge in [-0.2, -0.15) is 0 Å². The van der Waals surface area contributed by atoms with Crippen LogP contribution in [0.5, 0.6) is 0 Å². The lowest BCUT2D eigenvalue weighted by atomic mass is 9.99. The van der Waals surface area contributed by atoms with Gasteiger partial charge in [0.1, 0.15) is 24.4 Å². The van der Waals surface area contributed by atoms with Gasteiger partial charge in [-0.3, -0.25) is 4.79 Å². The number of carbonyl (C=O) groups excluding carboxylic acids is 1. The van der Waals surface area contributed by atoms with E-state index in [9.17, 15) is 30.3 Å². The summed E-state index contributed by atoms with van der Waals surface area (Å²) in [5, 5.41) is 54.9. The average molecular weight is 1300 g/mol. The first-order valence-corrected chi connectivity index (χ1v) is 41.2. The number of aliphatic hydroxyl groups is 5. The van der Waals surface area contributed by atoms with Gasteiger partial charge in [0, 0.05) is 6.42 Å². The number of hydrogen-bond donors (Lipinski definition) is 6. The predicted octanol–water partition coefficient (Wildman–Crippen LogP) is 23.7. The van der Waals surface area contributed by atoms with Gasteiger partial charge in [0.05, 0.1) is 25.4 Å². The Labute approximate surface area is 571 Å². The molecule has 7 unspecified atom stereocenters. The zero-order valence-corrected chi connectivity index (χ0v) is 61.3. The summed E-state index contributed by atoms with van der Waals surface area (Å²) in [6, 6.07) is -0.829. The molecule has 7 atom stereocenters. The molecule has 0 saturated carbocycles. The molecule has 1 heterocycles. The monoisotopic (exact) mass is 1300 g/mol. The molecular formula is C83H159NO8. The van der Waals surface area contributed by atoms with Gasteiger partial charge in [0.2, 0.25) is 5.91 Å². The molecule has 1 aliphatic rings. The minimum Gasteiger partial charge on any atom is -0.394 e. The van der Waals surface area contributed by atoms with Crippen molar-refractivity contribution in [2.75, 3.05) is 13.2 Å². The Morgan fingerprint density at radius 2 is 0.620 bits per heavy atom. The summed E-state index contributed by atoms with van der Waals surface area (Å²) >= 11 is 0. The number of rotatable bonds is 74. The topological polar surface area (TPSA) is 149 Å². The number of nitrogens with one attached hydrogen (secondary N) is 1. The number of amides is 1. The highest BCUT2D eigenvalue weighted by molar-refractivity contribution is 5.76. The molecule has 0 aromatic heterocycles. The van der Waals surface area contributed by atoms with Gasteiger partial charge in [-0.1, -0.05) is 416 Å². The maximum Gasteiger partial charge on any atom is 0.220 e. The van der Waals surface area contributed by atoms with Crippen LogP contribution in [0.2, 0.25) is 0 Å². The number of allylic oxidation sites excluding steroid dienone is 5. The van der Waals surface area contributed by atoms with Crippen LogP contribution in [0.4, 0.5) is 0 Å². The van der Waals surface area contributed by atoms with Crippen LogP contribution in [-0.2, 0) is 14.3 Å². The molecule has 9 heteroatoms. The molecule has 0 spiro atoms. The standard InChI is InChI=1S/C83H159NO8/c1-3-5-7-9-11-13-15-17-19-21-23-25-27-29-31-33-35-37-38-39-40-41-43-45-47-49-51-53-55-57-59-61-63-65-67-69-71-73-79(87)84-76(75-91-83-82(90)81(89)80(88)78(74-85)92-83)77(86)72-70-68-66-64-62-60-58-56-54-52-50-48-46-44-42-36-34-32-30-28-26-24-22-20-18-16-14-12-10-8-6-4-2/h54,56,62,64,70,72,76-78,80-83,85-86,88-90H,3-53,55,57-61,63,65-69,71,73-75H2,1-2H3,(H,84,87)/b56-54+,64-62+,72-70+. The van der Waals surface area contributed by atoms with Gasteiger partial charge < -0.3 is 40.3 Å². The summed E-state index contributed by atoms with van der Waals surface area (Å²) in [6.07, 6.45) is 91.8. The van der Waals surface area contributed by atoms with E-state index in [1.165, 1.54) is 366 Å². The molecule has 0 aromatic rings. The smallest absolute Gasteiger partial charge is 0.220 e. The maximum absolute atomic E-state index is 13.2. The largest absolute Gasteiger partial charge is 0.394 e. The van der Waals surface area contributed by atoms with Crippen molar-refractivity contribution >= 4 is 5.91 Å². The fraction of sp³-hybridized carbons (Fsp3) is 0.916. The molecular weight excluding hydrogens is 1140 g/mol. The van der Waals surface area contributed by atoms with Crippen molar-refractivity contribution in [2.24, 2.45) is 0 Å². The van der Waals surface area contributed by atoms with Crippen molar-refractivity contribution < 1.29 is 39.8 Å². The fourth-order valence-electron chi connectivity index (χ4n) is 13.6. The van der Waals surface area contributed by atoms with Crippen molar-refractivity contribution in [3.8, 4) is 0 Å². The second-order valence-corrected chi connectivity index (χ2v) is 28.9. The molecule has 0 radical (unpaired) electrons. The first-order chi connectivity index (χ1) is 45.3. The van der Waals surface area contributed by atoms with Crippen molar-refractivity contribution in [2.45, 2.75) is 474 Å². The van der Waals surface area contributed by atoms with E-state index in [0.29, 0.717) is 6.42 Å². The Bertz CT molecular complexity index is 1550. The third-order valence-corrected chi connectivity index (χ3v) is 19.9. The van der Waals surface area contributed by atoms with Crippen LogP contribution < -0.4 is 5.32 Å². The Morgan fingerprint density at radius 1 is 0.359 bits per heavy atom. The van der Waals surface area contributed by atoms with Crippen LogP contribution >= 0.6 is 0 Å². The summed E-state index contributed by atoms with van der Waals surface area (Å²) in [5.41, 5.74) is 0. The van der Waals surface area contributed by atoms with E-state index in [4.69, 9.17) is 9.47 Å². The molecule has 0 aliphatic carbocycles. The van der Waals surface area contributed by atoms with Crippen molar-refractivity contribution in [1.82, 2.24) is 5.32 Å². The molecule has 1 fully saturated rings. The maximum atomic E-state index is 13.2. The van der Waals surface area contributed by atoms with Gasteiger partial charge in [-0.05, 0) is 44.9 Å². The quantitative estimate of drug-likeness (QED) is 0.0261. The Balaban J connectivity index is 2.07. The minimum absolute atomic E-state index is 0.181. The molecule has 1 rings (SSSR count). The first-order valence-electron chi connectivity index (χ1n) is 41.2. The molecule has 0 bridgehead atoms. The van der Waals surface area contributed by atoms with Crippen molar-refractivity contribution in [3.05, 3.63) is 36.5 Å². The van der Waals surface area contributed by atoms with Gasteiger partial charge in [-0.15, -0.1) is 0 Å². The third-order valence-electron chi connectivity index (χ3n) is 19.9. The summed E-state index contributed by atoms with van der Waals surface area (Å²) in [4.78, 5) is 13.2. The van der Waals surface area contributed by atoms with E-state index < -0.39 is 49.5 Å². The highest BCUT2D eigenvalue weighted by Gasteiger charge is 2.44. The zero-order chi connectivity index (χ0) is 66.4. The highest BCUT2D eigenvalue weighted by Crippen LogP contribution is 2.24. The second-order valence-electron chi connectivity index (χ2n) is 28.9. The van der Waals surface area contributed by atoms with Gasteiger partial charge in [0.25, 0.3) is 0 Å². The molecule has 1 aliphatic heterocycles. The molecule has 544 valence electrons. The number of unbranched alkanes of at least 4 members (excludes halogenated alkanes) is 60. The van der Waals surface area contributed by atoms with Crippen LogP contribution in [0.1, 0.15) is 431 Å². The Hall–Kier alpha value is -1.59. The number of aliphatic hydroxyl groups excluding tert-OH is 5. The van der Waals surface area contributed by atoms with Gasteiger partial charge in [0.15, 0.2) is 6.29 Å². The van der Waals surface area contributed by atoms with Crippen LogP contribution in [0.25, 0.3) is 0 Å². The normalized spacial score (nSPS) is 17.8. The molecule has 1 amide bonds. The molecule has 92 heavy (non-hydrogen) atoms. The lowest BCUT2D eigenvalue weighted by Crippen LogP contribution is -2.60. The lowest BCUT2D eigenvalue weighted by molar-refractivity contribution is -0.302. The Kier molecular flexibility index (Phi) is 69.4. The number of hydrogen-bond acceptors (Lipinski definition) is 8. The Morgan fingerprint density at radius 3 is 0.913 bits per heavy atom. The van der Waals surface area contributed by atoms with Crippen LogP contribution in [0, 0.1) is 0 Å². The molecule has 1 saturated heterocycles. The minimum atomic E-state index is -1.58. The summed E-state index contributed by atoms with van der Waals surface area (Å²) < 4.78 is 11.3. The summed E-state index contributed by atoms with van der Waals surface area (Å²) in [7, 11) is 0. The molecule has 9 nitrogen and oxygen atoms in total.